The average molecular weight is 686 g/mol. The Morgan fingerprint density at radius 2 is 1.04 bits per heavy atom. The van der Waals surface area contributed by atoms with Crippen LogP contribution in [0.1, 0.15) is 24.0 Å². The van der Waals surface area contributed by atoms with Gasteiger partial charge >= 0.3 is 0 Å². The molecule has 2 aliphatic rings. The van der Waals surface area contributed by atoms with Crippen LogP contribution in [0.3, 0.4) is 0 Å². The van der Waals surface area contributed by atoms with Crippen LogP contribution in [-0.4, -0.2) is 54.3 Å². The van der Waals surface area contributed by atoms with Gasteiger partial charge < -0.3 is 14.8 Å². The smallest absolute Gasteiger partial charge is 0.297 e. The molecule has 0 radical (unpaired) electrons. The van der Waals surface area contributed by atoms with E-state index in [1.165, 1.54) is 60.7 Å². The van der Waals surface area contributed by atoms with Crippen LogP contribution in [0.4, 0.5) is 8.78 Å². The van der Waals surface area contributed by atoms with Gasteiger partial charge in [-0.3, -0.25) is 8.37 Å². The lowest BCUT2D eigenvalue weighted by Crippen LogP contribution is -2.49. The third-order valence-electron chi connectivity index (χ3n) is 8.08. The zero-order valence-electron chi connectivity index (χ0n) is 25.1. The summed E-state index contributed by atoms with van der Waals surface area (Å²) in [6, 6.07) is 23.7. The van der Waals surface area contributed by atoms with Crippen molar-refractivity contribution in [2.24, 2.45) is 0 Å². The molecule has 4 aromatic rings. The summed E-state index contributed by atoms with van der Waals surface area (Å²) in [5, 5.41) is 3.14. The van der Waals surface area contributed by atoms with Gasteiger partial charge in [-0.2, -0.15) is 16.8 Å². The molecule has 0 saturated carbocycles. The molecule has 248 valence electrons. The van der Waals surface area contributed by atoms with Crippen molar-refractivity contribution >= 4 is 20.2 Å². The Morgan fingerprint density at radius 1 is 0.638 bits per heavy atom. The van der Waals surface area contributed by atoms with Crippen LogP contribution in [-0.2, 0) is 41.4 Å². The number of fused-ring (bicyclic) bond motifs is 2. The van der Waals surface area contributed by atoms with E-state index in [-0.39, 0.29) is 22.9 Å². The monoisotopic (exact) mass is 685 g/mol. The van der Waals surface area contributed by atoms with Crippen LogP contribution in [0.15, 0.2) is 107 Å². The summed E-state index contributed by atoms with van der Waals surface area (Å²) in [6.07, 6.45) is -2.04. The van der Waals surface area contributed by atoms with Gasteiger partial charge in [-0.25, -0.2) is 8.78 Å². The van der Waals surface area contributed by atoms with Gasteiger partial charge in [0.25, 0.3) is 20.2 Å². The SMILES string of the molecule is O=S(=O)(O[C@@H](CNC[C@H](OS(=O)(=O)c1ccccc1)[C@H]1CCc2cc(F)ccc2O1)[C@@H]1CCc2cc(F)ccc2O1)c1ccccc1. The second-order valence-corrected chi connectivity index (χ2v) is 14.5. The van der Waals surface area contributed by atoms with Gasteiger partial charge in [0.15, 0.2) is 0 Å². The van der Waals surface area contributed by atoms with E-state index in [1.54, 1.807) is 36.4 Å². The molecule has 2 aliphatic heterocycles. The maximum atomic E-state index is 13.8. The topological polar surface area (TPSA) is 117 Å². The molecular formula is C34H33F2NO8S2. The number of ether oxygens (including phenoxy) is 2. The van der Waals surface area contributed by atoms with Crippen molar-refractivity contribution in [1.29, 1.82) is 0 Å². The van der Waals surface area contributed by atoms with Crippen molar-refractivity contribution in [3.63, 3.8) is 0 Å². The summed E-state index contributed by atoms with van der Waals surface area (Å²) in [7, 11) is -8.46. The van der Waals surface area contributed by atoms with E-state index in [1.807, 2.05) is 0 Å². The molecule has 0 bridgehead atoms. The van der Waals surface area contributed by atoms with E-state index in [0.29, 0.717) is 48.3 Å². The Morgan fingerprint density at radius 3 is 1.45 bits per heavy atom. The highest BCUT2D eigenvalue weighted by atomic mass is 32.2. The Kier molecular flexibility index (Phi) is 9.90. The van der Waals surface area contributed by atoms with Crippen molar-refractivity contribution in [3.8, 4) is 11.5 Å². The molecule has 9 nitrogen and oxygen atoms in total. The summed E-state index contributed by atoms with van der Waals surface area (Å²) in [5.41, 5.74) is 1.32. The van der Waals surface area contributed by atoms with Crippen molar-refractivity contribution in [2.45, 2.75) is 59.9 Å². The highest BCUT2D eigenvalue weighted by Crippen LogP contribution is 2.32. The minimum atomic E-state index is -4.23. The fourth-order valence-corrected chi connectivity index (χ4v) is 7.95. The number of hydrogen-bond donors (Lipinski definition) is 1. The van der Waals surface area contributed by atoms with Gasteiger partial charge in [0.1, 0.15) is 47.5 Å². The zero-order valence-corrected chi connectivity index (χ0v) is 26.8. The molecule has 4 atom stereocenters. The third-order valence-corrected chi connectivity index (χ3v) is 10.8. The molecular weight excluding hydrogens is 653 g/mol. The summed E-state index contributed by atoms with van der Waals surface area (Å²) < 4.78 is 105. The Hall–Kier alpha value is -3.88. The van der Waals surface area contributed by atoms with Crippen LogP contribution in [0.2, 0.25) is 0 Å². The van der Waals surface area contributed by atoms with E-state index in [0.717, 1.165) is 0 Å². The van der Waals surface area contributed by atoms with E-state index in [9.17, 15) is 25.6 Å². The van der Waals surface area contributed by atoms with Crippen molar-refractivity contribution in [2.75, 3.05) is 13.1 Å². The summed E-state index contributed by atoms with van der Waals surface area (Å²) >= 11 is 0. The largest absolute Gasteiger partial charge is 0.487 e. The van der Waals surface area contributed by atoms with Gasteiger partial charge in [-0.1, -0.05) is 36.4 Å². The molecule has 2 heterocycles. The molecule has 0 fully saturated rings. The second-order valence-electron chi connectivity index (χ2n) is 11.4. The lowest BCUT2D eigenvalue weighted by atomic mass is 9.98. The Labute approximate surface area is 272 Å². The first-order valence-electron chi connectivity index (χ1n) is 15.1. The first-order chi connectivity index (χ1) is 22.6. The van der Waals surface area contributed by atoms with Crippen molar-refractivity contribution in [1.82, 2.24) is 5.32 Å². The van der Waals surface area contributed by atoms with Crippen molar-refractivity contribution < 1.29 is 43.5 Å². The van der Waals surface area contributed by atoms with Crippen molar-refractivity contribution in [3.05, 3.63) is 120 Å². The molecule has 1 N–H and O–H groups in total. The zero-order chi connectivity index (χ0) is 33.0. The Bertz CT molecular complexity index is 1770. The predicted octanol–water partition coefficient (Wildman–Crippen LogP) is 5.19. The molecule has 4 aromatic carbocycles. The van der Waals surface area contributed by atoms with Gasteiger partial charge in [0.2, 0.25) is 0 Å². The molecule has 0 aliphatic carbocycles. The Balaban J connectivity index is 1.23. The number of benzene rings is 4. The van der Waals surface area contributed by atoms with Crippen LogP contribution in [0.25, 0.3) is 0 Å². The van der Waals surface area contributed by atoms with Gasteiger partial charge in [-0.05, 0) is 97.5 Å². The predicted molar refractivity (Wildman–Crippen MR) is 168 cm³/mol. The fraction of sp³-hybridized carbons (Fsp3) is 0.294. The maximum absolute atomic E-state index is 13.8. The van der Waals surface area contributed by atoms with E-state index < -0.39 is 56.3 Å². The van der Waals surface area contributed by atoms with Gasteiger partial charge in [-0.15, -0.1) is 0 Å². The number of aryl methyl sites for hydroxylation is 2. The number of rotatable bonds is 12. The van der Waals surface area contributed by atoms with E-state index >= 15 is 0 Å². The van der Waals surface area contributed by atoms with Crippen LogP contribution >= 0.6 is 0 Å². The fourth-order valence-electron chi connectivity index (χ4n) is 5.71. The molecule has 0 amide bonds. The molecule has 0 unspecified atom stereocenters. The molecule has 0 aromatic heterocycles. The van der Waals surface area contributed by atoms with E-state index in [4.69, 9.17) is 17.8 Å². The standard InChI is InChI=1S/C34H33F2NO8S2/c35-25-13-17-29-23(19-25)11-15-31(42-29)33(44-46(38,39)27-7-3-1-4-8-27)21-37-22-34(45-47(40,41)28-9-5-2-6-10-28)32-16-12-24-20-26(36)14-18-30(24)43-32/h1-10,13-14,17-20,31-34,37H,11-12,15-16,21-22H2/t31-,32+,33-,34-/m0/s1. The maximum Gasteiger partial charge on any atom is 0.297 e. The first-order valence-corrected chi connectivity index (χ1v) is 18.0. The summed E-state index contributed by atoms with van der Waals surface area (Å²) in [6.45, 7) is -0.153. The minimum Gasteiger partial charge on any atom is -0.487 e. The molecule has 47 heavy (non-hydrogen) atoms. The highest BCUT2D eigenvalue weighted by Gasteiger charge is 2.36. The highest BCUT2D eigenvalue weighted by molar-refractivity contribution is 7.87. The number of halogens is 2. The summed E-state index contributed by atoms with van der Waals surface area (Å²) in [4.78, 5) is -0.0756. The van der Waals surface area contributed by atoms with Gasteiger partial charge in [0, 0.05) is 13.1 Å². The number of hydrogen-bond acceptors (Lipinski definition) is 9. The number of nitrogens with one attached hydrogen (secondary N) is 1. The molecule has 0 spiro atoms. The minimum absolute atomic E-state index is 0.0378. The van der Waals surface area contributed by atoms with Crippen LogP contribution < -0.4 is 14.8 Å². The lowest BCUT2D eigenvalue weighted by molar-refractivity contribution is 0.0293. The van der Waals surface area contributed by atoms with Crippen LogP contribution in [0.5, 0.6) is 11.5 Å². The third kappa shape index (κ3) is 7.99. The summed E-state index contributed by atoms with van der Waals surface area (Å²) in [5.74, 6) is 0.0469. The average Bonchev–Trinajstić information content (AvgIpc) is 3.07. The van der Waals surface area contributed by atoms with E-state index in [2.05, 4.69) is 5.32 Å². The second kappa shape index (κ2) is 14.1. The quantitative estimate of drug-likeness (QED) is 0.201. The molecule has 6 rings (SSSR count). The first kappa shape index (κ1) is 33.0. The lowest BCUT2D eigenvalue weighted by Gasteiger charge is -2.34. The molecule has 13 heteroatoms. The molecule has 0 saturated heterocycles. The van der Waals surface area contributed by atoms with Gasteiger partial charge in [0.05, 0.1) is 9.79 Å². The van der Waals surface area contributed by atoms with Crippen LogP contribution in [0, 0.1) is 11.6 Å². The normalized spacial score (nSPS) is 19.0.